The molecule has 0 aromatic carbocycles. The predicted octanol–water partition coefficient (Wildman–Crippen LogP) is 1.78. The highest BCUT2D eigenvalue weighted by Gasteiger charge is 2.21. The molecule has 3 heteroatoms. The Morgan fingerprint density at radius 1 is 1.29 bits per heavy atom. The summed E-state index contributed by atoms with van der Waals surface area (Å²) in [6.45, 7) is 9.06. The van der Waals surface area contributed by atoms with Gasteiger partial charge in [0, 0.05) is 6.04 Å². The third-order valence-corrected chi connectivity index (χ3v) is 4.23. The zero-order chi connectivity index (χ0) is 12.9. The van der Waals surface area contributed by atoms with E-state index in [-0.39, 0.29) is 0 Å². The van der Waals surface area contributed by atoms with E-state index in [9.17, 15) is 0 Å². The Labute approximate surface area is 107 Å². The van der Waals surface area contributed by atoms with Crippen molar-refractivity contribution in [2.24, 2.45) is 11.1 Å². The minimum absolute atomic E-state index is 0.313. The van der Waals surface area contributed by atoms with Crippen LogP contribution in [-0.4, -0.2) is 56.1 Å². The smallest absolute Gasteiger partial charge is 0.0117 e. The maximum atomic E-state index is 5.76. The van der Waals surface area contributed by atoms with Gasteiger partial charge in [-0.25, -0.2) is 0 Å². The molecule has 1 rings (SSSR count). The summed E-state index contributed by atoms with van der Waals surface area (Å²) in [5, 5.41) is 0. The summed E-state index contributed by atoms with van der Waals surface area (Å²) in [6, 6.07) is 0.798. The first-order chi connectivity index (χ1) is 7.94. The second-order valence-electron chi connectivity index (χ2n) is 6.49. The molecule has 0 radical (unpaired) electrons. The summed E-state index contributed by atoms with van der Waals surface area (Å²) in [7, 11) is 4.51. The first-order valence-electron chi connectivity index (χ1n) is 7.03. The van der Waals surface area contributed by atoms with Crippen LogP contribution in [0.15, 0.2) is 0 Å². The van der Waals surface area contributed by atoms with Crippen molar-refractivity contribution in [2.45, 2.75) is 45.6 Å². The lowest BCUT2D eigenvalue weighted by Crippen LogP contribution is -2.42. The fraction of sp³-hybridized carbons (Fsp3) is 1.00. The van der Waals surface area contributed by atoms with Crippen LogP contribution in [0.5, 0.6) is 0 Å². The second-order valence-corrected chi connectivity index (χ2v) is 6.49. The van der Waals surface area contributed by atoms with Crippen molar-refractivity contribution in [1.82, 2.24) is 9.80 Å². The van der Waals surface area contributed by atoms with Gasteiger partial charge in [0.25, 0.3) is 0 Å². The van der Waals surface area contributed by atoms with E-state index < -0.39 is 0 Å². The largest absolute Gasteiger partial charge is 0.330 e. The molecule has 1 saturated heterocycles. The number of hydrogen-bond acceptors (Lipinski definition) is 3. The van der Waals surface area contributed by atoms with Crippen molar-refractivity contribution in [3.05, 3.63) is 0 Å². The number of piperidine rings is 1. The van der Waals surface area contributed by atoms with E-state index in [1.807, 2.05) is 0 Å². The molecule has 1 aliphatic rings. The molecule has 0 spiro atoms. The van der Waals surface area contributed by atoms with Crippen molar-refractivity contribution >= 4 is 0 Å². The molecule has 1 fully saturated rings. The zero-order valence-electron chi connectivity index (χ0n) is 12.2. The Kier molecular flexibility index (Phi) is 5.90. The third-order valence-electron chi connectivity index (χ3n) is 4.23. The molecule has 17 heavy (non-hydrogen) atoms. The highest BCUT2D eigenvalue weighted by Crippen LogP contribution is 2.21. The van der Waals surface area contributed by atoms with Crippen LogP contribution < -0.4 is 5.73 Å². The van der Waals surface area contributed by atoms with Crippen molar-refractivity contribution < 1.29 is 0 Å². The molecule has 0 aromatic heterocycles. The summed E-state index contributed by atoms with van der Waals surface area (Å²) in [4.78, 5) is 4.99. The predicted molar refractivity (Wildman–Crippen MR) is 75.2 cm³/mol. The lowest BCUT2D eigenvalue weighted by atomic mass is 9.88. The lowest BCUT2D eigenvalue weighted by molar-refractivity contribution is 0.139. The number of nitrogens with two attached hydrogens (primary N) is 1. The second kappa shape index (κ2) is 6.72. The van der Waals surface area contributed by atoms with Gasteiger partial charge in [-0.3, -0.25) is 0 Å². The Morgan fingerprint density at radius 2 is 1.88 bits per heavy atom. The number of rotatable bonds is 6. The molecule has 3 nitrogen and oxygen atoms in total. The Bertz CT molecular complexity index is 208. The fourth-order valence-corrected chi connectivity index (χ4v) is 2.53. The van der Waals surface area contributed by atoms with Gasteiger partial charge in [-0.05, 0) is 71.4 Å². The molecule has 0 aromatic rings. The lowest BCUT2D eigenvalue weighted by Gasteiger charge is -2.35. The highest BCUT2D eigenvalue weighted by molar-refractivity contribution is 4.77. The molecular weight excluding hydrogens is 210 g/mol. The first-order valence-corrected chi connectivity index (χ1v) is 7.03. The van der Waals surface area contributed by atoms with Gasteiger partial charge in [0.15, 0.2) is 0 Å². The van der Waals surface area contributed by atoms with Crippen molar-refractivity contribution in [2.75, 3.05) is 40.3 Å². The minimum Gasteiger partial charge on any atom is -0.330 e. The molecule has 2 N–H and O–H groups in total. The van der Waals surface area contributed by atoms with Crippen LogP contribution in [0.1, 0.15) is 39.5 Å². The van der Waals surface area contributed by atoms with E-state index in [1.165, 1.54) is 45.3 Å². The topological polar surface area (TPSA) is 32.5 Å². The van der Waals surface area contributed by atoms with Crippen LogP contribution in [0.4, 0.5) is 0 Å². The van der Waals surface area contributed by atoms with Gasteiger partial charge < -0.3 is 15.5 Å². The molecule has 1 heterocycles. The van der Waals surface area contributed by atoms with Crippen LogP contribution in [0.25, 0.3) is 0 Å². The van der Waals surface area contributed by atoms with E-state index >= 15 is 0 Å². The van der Waals surface area contributed by atoms with E-state index in [4.69, 9.17) is 5.73 Å². The summed E-state index contributed by atoms with van der Waals surface area (Å²) >= 11 is 0. The Morgan fingerprint density at radius 3 is 2.41 bits per heavy atom. The molecule has 1 aliphatic heterocycles. The minimum atomic E-state index is 0.313. The molecule has 0 amide bonds. The quantitative estimate of drug-likeness (QED) is 0.769. The molecule has 0 aliphatic carbocycles. The number of hydrogen-bond donors (Lipinski definition) is 1. The van der Waals surface area contributed by atoms with Gasteiger partial charge in [0.1, 0.15) is 0 Å². The molecule has 0 unspecified atom stereocenters. The van der Waals surface area contributed by atoms with Crippen LogP contribution in [0, 0.1) is 5.41 Å². The van der Waals surface area contributed by atoms with Crippen molar-refractivity contribution in [1.29, 1.82) is 0 Å². The van der Waals surface area contributed by atoms with E-state index in [0.717, 1.165) is 12.6 Å². The maximum Gasteiger partial charge on any atom is 0.0117 e. The molecule has 0 saturated carbocycles. The summed E-state index contributed by atoms with van der Waals surface area (Å²) in [6.07, 6.45) is 5.16. The maximum absolute atomic E-state index is 5.76. The van der Waals surface area contributed by atoms with E-state index in [2.05, 4.69) is 37.7 Å². The number of likely N-dealkylation sites (tertiary alicyclic amines) is 1. The summed E-state index contributed by atoms with van der Waals surface area (Å²) < 4.78 is 0. The Hall–Kier alpha value is -0.120. The molecule has 0 bridgehead atoms. The third kappa shape index (κ3) is 5.36. The van der Waals surface area contributed by atoms with E-state index in [1.54, 1.807) is 0 Å². The summed E-state index contributed by atoms with van der Waals surface area (Å²) in [5.41, 5.74) is 6.08. The normalized spacial score (nSPS) is 20.1. The highest BCUT2D eigenvalue weighted by atomic mass is 15.2. The standard InChI is InChI=1S/C14H31N3/c1-14(2,12-15)8-5-9-17(4)13-6-10-16(3)11-7-13/h13H,5-12,15H2,1-4H3. The molecule has 0 atom stereocenters. The van der Waals surface area contributed by atoms with Crippen molar-refractivity contribution in [3.63, 3.8) is 0 Å². The van der Waals surface area contributed by atoms with Gasteiger partial charge >= 0.3 is 0 Å². The van der Waals surface area contributed by atoms with Crippen molar-refractivity contribution in [3.8, 4) is 0 Å². The SMILES string of the molecule is CN1CCC(N(C)CCCC(C)(C)CN)CC1. The van der Waals surface area contributed by atoms with Gasteiger partial charge in [-0.1, -0.05) is 13.8 Å². The van der Waals surface area contributed by atoms with Crippen LogP contribution in [0.2, 0.25) is 0 Å². The van der Waals surface area contributed by atoms with Gasteiger partial charge in [0.05, 0.1) is 0 Å². The molecule has 102 valence electrons. The van der Waals surface area contributed by atoms with Crippen LogP contribution in [0.3, 0.4) is 0 Å². The van der Waals surface area contributed by atoms with E-state index in [0.29, 0.717) is 5.41 Å². The zero-order valence-corrected chi connectivity index (χ0v) is 12.2. The van der Waals surface area contributed by atoms with Crippen LogP contribution >= 0.6 is 0 Å². The van der Waals surface area contributed by atoms with Gasteiger partial charge in [-0.2, -0.15) is 0 Å². The molecular formula is C14H31N3. The monoisotopic (exact) mass is 241 g/mol. The number of nitrogens with zero attached hydrogens (tertiary/aromatic N) is 2. The average molecular weight is 241 g/mol. The first kappa shape index (κ1) is 14.9. The van der Waals surface area contributed by atoms with Gasteiger partial charge in [0.2, 0.25) is 0 Å². The van der Waals surface area contributed by atoms with Crippen LogP contribution in [-0.2, 0) is 0 Å². The summed E-state index contributed by atoms with van der Waals surface area (Å²) in [5.74, 6) is 0. The Balaban J connectivity index is 2.19. The fourth-order valence-electron chi connectivity index (χ4n) is 2.53. The average Bonchev–Trinajstić information content (AvgIpc) is 2.29. The van der Waals surface area contributed by atoms with Gasteiger partial charge in [-0.15, -0.1) is 0 Å².